The summed E-state index contributed by atoms with van der Waals surface area (Å²) >= 11 is 6.56. The summed E-state index contributed by atoms with van der Waals surface area (Å²) in [6.45, 7) is 0. The maximum atomic E-state index is 8.00. The van der Waals surface area contributed by atoms with Gasteiger partial charge in [-0.05, 0) is 0 Å². The molecule has 5 nitrogen and oxygen atoms in total. The molecule has 0 unspecified atom stereocenters. The van der Waals surface area contributed by atoms with Crippen molar-refractivity contribution in [2.24, 2.45) is 5.34 Å². The monoisotopic (exact) mass is 446 g/mol. The molecule has 0 aliphatic heterocycles. The molecule has 8 heteroatoms. The van der Waals surface area contributed by atoms with Crippen LogP contribution in [0.5, 0.6) is 0 Å². The minimum atomic E-state index is 0. The molecule has 0 aliphatic carbocycles. The summed E-state index contributed by atoms with van der Waals surface area (Å²) in [7, 11) is 0. The molecule has 0 rings (SSSR count). The van der Waals surface area contributed by atoms with Crippen molar-refractivity contribution in [1.82, 2.24) is 0 Å². The van der Waals surface area contributed by atoms with Crippen LogP contribution in [0.1, 0.15) is 0 Å². The van der Waals surface area contributed by atoms with E-state index in [-0.39, 0.29) is 34.2 Å². The van der Waals surface area contributed by atoms with E-state index < -0.39 is 0 Å². The minimum Gasteiger partial charge on any atom is -0.693 e. The third-order valence-electron chi connectivity index (χ3n) is 0. The Morgan fingerprint density at radius 2 is 1.33 bits per heavy atom. The third-order valence-corrected chi connectivity index (χ3v) is 0. The summed E-state index contributed by atoms with van der Waals surface area (Å²) in [6.07, 6.45) is 0. The molecule has 0 saturated heterocycles. The van der Waals surface area contributed by atoms with Crippen molar-refractivity contribution in [1.29, 1.82) is 0 Å². The van der Waals surface area contributed by atoms with Crippen molar-refractivity contribution in [3.63, 3.8) is 0 Å². The van der Waals surface area contributed by atoms with Crippen LogP contribution in [0.3, 0.4) is 0 Å². The van der Waals surface area contributed by atoms with Crippen LogP contribution in [0.25, 0.3) is 12.3 Å². The topological polar surface area (TPSA) is 119 Å². The number of hydrogen-bond donors (Lipinski definition) is 0. The van der Waals surface area contributed by atoms with Gasteiger partial charge in [0.25, 0.3) is 0 Å². The molecule has 66 valence electrons. The Hall–Kier alpha value is 0.968. The first-order valence-corrected chi connectivity index (χ1v) is 10.5. The van der Waals surface area contributed by atoms with E-state index in [1.54, 1.807) is 0 Å². The van der Waals surface area contributed by atoms with Gasteiger partial charge in [-0.15, -0.1) is 5.34 Å². The Bertz CT molecular complexity index is 33.8. The number of nitrogens with two attached hydrogens (primary N) is 2. The van der Waals surface area contributed by atoms with E-state index in [1.165, 1.54) is 0 Å². The second-order valence-corrected chi connectivity index (χ2v) is 10.1. The molecular formula is CH7Br2N3O2Pt-4. The van der Waals surface area contributed by atoms with Crippen LogP contribution in [0.2, 0.25) is 0 Å². The first-order chi connectivity index (χ1) is 2.83. The van der Waals surface area contributed by atoms with Gasteiger partial charge in [0, 0.05) is 0 Å². The standard InChI is InChI=1S/CH3.2BrH.HNO2.2H2N.Pt/c;;;2-1-3;;;/h1H3;2*1H;(H,2,3);2*1H2;/q-1;;;;2*-1;+2/p-3. The molecule has 0 saturated carbocycles. The van der Waals surface area contributed by atoms with Gasteiger partial charge in [-0.1, -0.05) is 0 Å². The molecule has 0 aromatic heterocycles. The summed E-state index contributed by atoms with van der Waals surface area (Å²) in [5, 5.41) is 9.00. The first kappa shape index (κ1) is 32.5. The Labute approximate surface area is 75.9 Å². The molecular weight excluding hydrogens is 441 g/mol. The number of hydrogen-bond acceptors (Lipinski definition) is 3. The Kier molecular flexibility index (Phi) is 233. The molecule has 0 fully saturated rings. The quantitative estimate of drug-likeness (QED) is 0.318. The Morgan fingerprint density at radius 1 is 1.33 bits per heavy atom. The van der Waals surface area contributed by atoms with Gasteiger partial charge in [-0.2, -0.15) is 0 Å². The maximum absolute atomic E-state index is 8.00. The van der Waals surface area contributed by atoms with Crippen molar-refractivity contribution in [3.05, 3.63) is 29.8 Å². The zero-order chi connectivity index (χ0) is 5.41. The van der Waals surface area contributed by atoms with E-state index in [0.717, 1.165) is 5.34 Å². The number of halogens is 2. The van der Waals surface area contributed by atoms with E-state index in [9.17, 15) is 0 Å². The predicted octanol–water partition coefficient (Wildman–Crippen LogP) is 3.82. The molecule has 0 aromatic rings. The van der Waals surface area contributed by atoms with Crippen LogP contribution in [0, 0.1) is 17.5 Å². The zero-order valence-corrected chi connectivity index (χ0v) is 9.93. The molecule has 0 spiro atoms. The molecule has 4 N–H and O–H groups in total. The third kappa shape index (κ3) is 464. The predicted molar refractivity (Wildman–Crippen MR) is 44.0 cm³/mol. The van der Waals surface area contributed by atoms with Gasteiger partial charge in [0.2, 0.25) is 0 Å². The van der Waals surface area contributed by atoms with Crippen molar-refractivity contribution in [2.75, 3.05) is 0 Å². The van der Waals surface area contributed by atoms with Crippen molar-refractivity contribution < 1.29 is 14.5 Å². The van der Waals surface area contributed by atoms with Gasteiger partial charge in [0.05, 0.1) is 0 Å². The van der Waals surface area contributed by atoms with Crippen LogP contribution in [0.15, 0.2) is 5.34 Å². The molecule has 0 aromatic carbocycles. The van der Waals surface area contributed by atoms with E-state index in [1.807, 2.05) is 0 Å². The zero-order valence-electron chi connectivity index (χ0n) is 4.49. The largest absolute Gasteiger partial charge is 0.693 e. The average Bonchev–Trinajstić information content (AvgIpc) is 1.39. The van der Waals surface area contributed by atoms with Crippen molar-refractivity contribution in [2.45, 2.75) is 0 Å². The average molecular weight is 448 g/mol. The van der Waals surface area contributed by atoms with E-state index >= 15 is 0 Å². The first-order valence-electron chi connectivity index (χ1n) is 0.604. The molecule has 9 heavy (non-hydrogen) atoms. The molecule has 0 amide bonds. The van der Waals surface area contributed by atoms with Gasteiger partial charge in [0.15, 0.2) is 0 Å². The molecule has 0 atom stereocenters. The smallest absolute Gasteiger partial charge is 0.358 e. The SMILES string of the molecule is O=N[O-].[Br][Pt][Br].[CH3-].[NH2-].[NH2-]. The Balaban J connectivity index is -0.00000000889. The fourth-order valence-corrected chi connectivity index (χ4v) is 0. The second kappa shape index (κ2) is 64.6. The van der Waals surface area contributed by atoms with Gasteiger partial charge >= 0.3 is 41.0 Å². The summed E-state index contributed by atoms with van der Waals surface area (Å²) in [6, 6.07) is 0. The second-order valence-electron chi connectivity index (χ2n) is 0.120. The Morgan fingerprint density at radius 3 is 1.33 bits per heavy atom. The summed E-state index contributed by atoms with van der Waals surface area (Å²) < 4.78 is 0. The number of nitrogens with zero attached hydrogens (tertiary/aromatic N) is 1. The fourth-order valence-electron chi connectivity index (χ4n) is 0. The maximum Gasteiger partial charge on any atom is -0.358 e. The number of rotatable bonds is 0. The van der Waals surface area contributed by atoms with Crippen LogP contribution in [-0.4, -0.2) is 0 Å². The molecule has 0 heterocycles. The van der Waals surface area contributed by atoms with E-state index in [2.05, 4.69) is 26.6 Å². The fraction of sp³-hybridized carbons (Fsp3) is 0. The van der Waals surface area contributed by atoms with Gasteiger partial charge in [-0.25, -0.2) is 0 Å². The van der Waals surface area contributed by atoms with Crippen molar-refractivity contribution in [3.8, 4) is 0 Å². The summed E-state index contributed by atoms with van der Waals surface area (Å²) in [4.78, 5) is 8.00. The summed E-state index contributed by atoms with van der Waals surface area (Å²) in [5.74, 6) is 0. The minimum absolute atomic E-state index is 0. The van der Waals surface area contributed by atoms with Crippen LogP contribution < -0.4 is 0 Å². The van der Waals surface area contributed by atoms with Crippen LogP contribution in [-0.2, 0) is 14.5 Å². The molecule has 0 radical (unpaired) electrons. The van der Waals surface area contributed by atoms with Crippen LogP contribution in [0.4, 0.5) is 0 Å². The van der Waals surface area contributed by atoms with E-state index in [0.29, 0.717) is 0 Å². The van der Waals surface area contributed by atoms with Gasteiger partial charge in [0.1, 0.15) is 0 Å². The van der Waals surface area contributed by atoms with Crippen LogP contribution >= 0.6 is 26.6 Å². The summed E-state index contributed by atoms with van der Waals surface area (Å²) in [5.41, 5.74) is 0. The van der Waals surface area contributed by atoms with E-state index in [4.69, 9.17) is 10.1 Å². The molecule has 0 bridgehead atoms. The van der Waals surface area contributed by atoms with Gasteiger partial charge < -0.3 is 29.8 Å². The van der Waals surface area contributed by atoms with Crippen molar-refractivity contribution >= 4 is 26.6 Å². The normalized spacial score (nSPS) is 3.78. The van der Waals surface area contributed by atoms with Gasteiger partial charge in [-0.3, -0.25) is 0 Å². The molecule has 0 aliphatic rings.